The van der Waals surface area contributed by atoms with Gasteiger partial charge in [-0.25, -0.2) is 22.0 Å². The fourth-order valence-electron chi connectivity index (χ4n) is 2.42. The van der Waals surface area contributed by atoms with Gasteiger partial charge in [0, 0.05) is 6.07 Å². The second-order valence-electron chi connectivity index (χ2n) is 6.04. The van der Waals surface area contributed by atoms with E-state index in [2.05, 4.69) is 4.74 Å². The van der Waals surface area contributed by atoms with Crippen molar-refractivity contribution in [2.24, 2.45) is 0 Å². The van der Waals surface area contributed by atoms with Crippen molar-refractivity contribution in [2.75, 3.05) is 11.5 Å². The lowest BCUT2D eigenvalue weighted by Gasteiger charge is -2.17. The third-order valence-corrected chi connectivity index (χ3v) is 3.92. The number of ether oxygens (including phenoxy) is 2. The van der Waals surface area contributed by atoms with Gasteiger partial charge < -0.3 is 20.9 Å². The summed E-state index contributed by atoms with van der Waals surface area (Å²) in [6.45, 7) is 0. The highest BCUT2D eigenvalue weighted by Gasteiger charge is 2.37. The van der Waals surface area contributed by atoms with E-state index in [1.165, 1.54) is 0 Å². The molecule has 0 aliphatic heterocycles. The number of halogens is 8. The summed E-state index contributed by atoms with van der Waals surface area (Å²) in [5.74, 6) is -12.4. The van der Waals surface area contributed by atoms with Gasteiger partial charge in [0.1, 0.15) is 11.3 Å². The predicted molar refractivity (Wildman–Crippen MR) is 93.1 cm³/mol. The normalized spacial score (nSPS) is 11.5. The van der Waals surface area contributed by atoms with Crippen molar-refractivity contribution in [3.8, 4) is 23.0 Å². The van der Waals surface area contributed by atoms with Crippen LogP contribution in [0.3, 0.4) is 0 Å². The molecular weight excluding hydrogens is 440 g/mol. The first kappa shape index (κ1) is 22.0. The van der Waals surface area contributed by atoms with Crippen LogP contribution >= 0.6 is 0 Å². The average Bonchev–Trinajstić information content (AvgIpc) is 2.69. The molecule has 0 bridgehead atoms. The molecule has 3 aromatic carbocycles. The van der Waals surface area contributed by atoms with E-state index >= 15 is 0 Å². The molecule has 4 nitrogen and oxygen atoms in total. The van der Waals surface area contributed by atoms with Crippen molar-refractivity contribution in [2.45, 2.75) is 6.18 Å². The van der Waals surface area contributed by atoms with Crippen LogP contribution in [-0.2, 0) is 6.18 Å². The summed E-state index contributed by atoms with van der Waals surface area (Å²) in [6, 6.07) is 3.02. The van der Waals surface area contributed by atoms with Crippen molar-refractivity contribution < 1.29 is 44.6 Å². The van der Waals surface area contributed by atoms with E-state index in [1.54, 1.807) is 0 Å². The smallest absolute Gasteiger partial charge is 0.420 e. The molecule has 4 N–H and O–H groups in total. The molecule has 0 radical (unpaired) electrons. The molecule has 3 aromatic rings. The maximum Gasteiger partial charge on any atom is 0.420 e. The summed E-state index contributed by atoms with van der Waals surface area (Å²) in [4.78, 5) is 0. The van der Waals surface area contributed by atoms with Crippen LogP contribution in [-0.4, -0.2) is 0 Å². The number of rotatable bonds is 4. The number of alkyl halides is 3. The Balaban J connectivity index is 2.15. The Labute approximate surface area is 168 Å². The number of benzene rings is 3. The summed E-state index contributed by atoms with van der Waals surface area (Å²) in [5.41, 5.74) is 7.48. The lowest BCUT2D eigenvalue weighted by atomic mass is 10.1. The molecule has 0 fully saturated rings. The SMILES string of the molecule is Nc1ccc(F)c(Oc2cc(Oc3c(F)ccc(N)c3F)c(C(F)(F)F)cc2F)c1F. The molecule has 0 unspecified atom stereocenters. The Morgan fingerprint density at radius 1 is 0.613 bits per heavy atom. The molecule has 164 valence electrons. The molecule has 0 heterocycles. The first-order chi connectivity index (χ1) is 14.4. The Morgan fingerprint density at radius 3 is 1.52 bits per heavy atom. The van der Waals surface area contributed by atoms with Crippen LogP contribution in [0.5, 0.6) is 23.0 Å². The number of anilines is 2. The molecule has 31 heavy (non-hydrogen) atoms. The minimum atomic E-state index is -5.24. The number of hydrogen-bond acceptors (Lipinski definition) is 4. The van der Waals surface area contributed by atoms with Gasteiger partial charge in [0.25, 0.3) is 0 Å². The van der Waals surface area contributed by atoms with Crippen molar-refractivity contribution in [1.82, 2.24) is 0 Å². The molecule has 0 amide bonds. The maximum atomic E-state index is 14.2. The van der Waals surface area contributed by atoms with E-state index in [-0.39, 0.29) is 12.1 Å². The fourth-order valence-corrected chi connectivity index (χ4v) is 2.42. The third-order valence-electron chi connectivity index (χ3n) is 3.92. The van der Waals surface area contributed by atoms with Crippen LogP contribution in [0.2, 0.25) is 0 Å². The topological polar surface area (TPSA) is 70.5 Å². The van der Waals surface area contributed by atoms with E-state index in [0.717, 1.165) is 12.1 Å². The zero-order valence-corrected chi connectivity index (χ0v) is 15.0. The van der Waals surface area contributed by atoms with Gasteiger partial charge >= 0.3 is 6.18 Å². The summed E-state index contributed by atoms with van der Waals surface area (Å²) in [7, 11) is 0. The van der Waals surface area contributed by atoms with Crippen LogP contribution in [0.4, 0.5) is 46.5 Å². The molecule has 0 aliphatic carbocycles. The van der Waals surface area contributed by atoms with Crippen LogP contribution in [0.1, 0.15) is 5.56 Å². The third kappa shape index (κ3) is 4.27. The van der Waals surface area contributed by atoms with Gasteiger partial charge in [-0.2, -0.15) is 13.2 Å². The fraction of sp³-hybridized carbons (Fsp3) is 0.0526. The van der Waals surface area contributed by atoms with Gasteiger partial charge in [-0.05, 0) is 30.3 Å². The Morgan fingerprint density at radius 2 is 1.06 bits per heavy atom. The van der Waals surface area contributed by atoms with E-state index in [0.29, 0.717) is 12.1 Å². The zero-order chi connectivity index (χ0) is 23.1. The van der Waals surface area contributed by atoms with Crippen molar-refractivity contribution >= 4 is 11.4 Å². The van der Waals surface area contributed by atoms with E-state index in [9.17, 15) is 35.1 Å². The lowest BCUT2D eigenvalue weighted by molar-refractivity contribution is -0.138. The molecule has 3 rings (SSSR count). The minimum Gasteiger partial charge on any atom is -0.450 e. The summed E-state index contributed by atoms with van der Waals surface area (Å²) >= 11 is 0. The van der Waals surface area contributed by atoms with Gasteiger partial charge in [0.2, 0.25) is 11.5 Å². The zero-order valence-electron chi connectivity index (χ0n) is 15.0. The van der Waals surface area contributed by atoms with Crippen LogP contribution in [0.25, 0.3) is 0 Å². The summed E-state index contributed by atoms with van der Waals surface area (Å²) < 4.78 is 119. The largest absolute Gasteiger partial charge is 0.450 e. The number of hydrogen-bond donors (Lipinski definition) is 2. The first-order valence-corrected chi connectivity index (χ1v) is 8.13. The van der Waals surface area contributed by atoms with E-state index < -0.39 is 75.2 Å². The van der Waals surface area contributed by atoms with Gasteiger partial charge in [0.15, 0.2) is 34.8 Å². The highest BCUT2D eigenvalue weighted by atomic mass is 19.4. The highest BCUT2D eigenvalue weighted by Crippen LogP contribution is 2.44. The van der Waals surface area contributed by atoms with E-state index in [1.807, 2.05) is 0 Å². The predicted octanol–water partition coefficient (Wildman–Crippen LogP) is 6.15. The standard InChI is InChI=1S/C19H10F8N2O2/c20-8-1-3-11(28)15(23)17(8)30-13-6-14(10(22)5-7(13)19(25,26)27)31-18-9(21)2-4-12(29)16(18)24/h1-6H,28-29H2. The molecule has 12 heteroatoms. The van der Waals surface area contributed by atoms with Gasteiger partial charge in [-0.1, -0.05) is 0 Å². The van der Waals surface area contributed by atoms with Gasteiger partial charge in [-0.3, -0.25) is 0 Å². The number of nitrogen functional groups attached to an aromatic ring is 2. The molecule has 0 spiro atoms. The maximum absolute atomic E-state index is 14.2. The van der Waals surface area contributed by atoms with Crippen LogP contribution in [0.15, 0.2) is 36.4 Å². The Bertz CT molecular complexity index is 1160. The minimum absolute atomic E-state index is 0.130. The van der Waals surface area contributed by atoms with Crippen molar-refractivity contribution in [3.63, 3.8) is 0 Å². The summed E-state index contributed by atoms with van der Waals surface area (Å²) in [6.07, 6.45) is -5.24. The monoisotopic (exact) mass is 450 g/mol. The number of nitrogens with two attached hydrogens (primary N) is 2. The first-order valence-electron chi connectivity index (χ1n) is 8.13. The molecule has 0 atom stereocenters. The van der Waals surface area contributed by atoms with Crippen LogP contribution < -0.4 is 20.9 Å². The van der Waals surface area contributed by atoms with Crippen LogP contribution in [0, 0.1) is 29.1 Å². The average molecular weight is 450 g/mol. The van der Waals surface area contributed by atoms with Gasteiger partial charge in [0.05, 0.1) is 11.4 Å². The molecule has 0 saturated carbocycles. The quantitative estimate of drug-likeness (QED) is 0.370. The highest BCUT2D eigenvalue weighted by molar-refractivity contribution is 5.53. The van der Waals surface area contributed by atoms with E-state index in [4.69, 9.17) is 16.2 Å². The molecule has 0 saturated heterocycles. The second-order valence-corrected chi connectivity index (χ2v) is 6.04. The molecular formula is C19H10F8N2O2. The molecule has 0 aliphatic rings. The van der Waals surface area contributed by atoms with Gasteiger partial charge in [-0.15, -0.1) is 0 Å². The summed E-state index contributed by atoms with van der Waals surface area (Å²) in [5, 5.41) is 0. The Hall–Kier alpha value is -3.70. The van der Waals surface area contributed by atoms with Crippen molar-refractivity contribution in [3.05, 3.63) is 71.0 Å². The second kappa shape index (κ2) is 7.85. The Kier molecular flexibility index (Phi) is 5.57. The molecule has 0 aromatic heterocycles. The van der Waals surface area contributed by atoms with Crippen molar-refractivity contribution in [1.29, 1.82) is 0 Å². The lowest BCUT2D eigenvalue weighted by Crippen LogP contribution is -2.10.